The third-order valence-electron chi connectivity index (χ3n) is 1.33. The van der Waals surface area contributed by atoms with Crippen LogP contribution < -0.4 is 10.3 Å². The first-order chi connectivity index (χ1) is 4.86. The van der Waals surface area contributed by atoms with Gasteiger partial charge in [-0.05, 0) is 11.9 Å². The van der Waals surface area contributed by atoms with Crippen LogP contribution in [0.3, 0.4) is 0 Å². The zero-order valence-corrected chi connectivity index (χ0v) is 5.94. The van der Waals surface area contributed by atoms with Crippen LogP contribution in [0.4, 0.5) is 0 Å². The molecule has 0 aliphatic carbocycles. The molecule has 1 radical (unpaired) electrons. The zero-order chi connectivity index (χ0) is 6.97. The van der Waals surface area contributed by atoms with Gasteiger partial charge in [0, 0.05) is 12.3 Å². The van der Waals surface area contributed by atoms with Crippen LogP contribution in [0.2, 0.25) is 0 Å². The summed E-state index contributed by atoms with van der Waals surface area (Å²) in [5, 5.41) is 0. The Balaban J connectivity index is 2.63. The van der Waals surface area contributed by atoms with Crippen molar-refractivity contribution in [2.45, 2.75) is 5.75 Å². The number of pyridine rings is 1. The molecule has 0 unspecified atom stereocenters. The van der Waals surface area contributed by atoms with E-state index in [2.05, 4.69) is 10.9 Å². The molecular weight excluding hydrogens is 148 g/mol. The lowest BCUT2D eigenvalue weighted by Crippen LogP contribution is -2.09. The maximum absolute atomic E-state index is 10.7. The number of rotatable bonds is 0. The summed E-state index contributed by atoms with van der Waals surface area (Å²) in [6.45, 7) is 0. The number of hydrogen-bond acceptors (Lipinski definition) is 3. The van der Waals surface area contributed by atoms with Gasteiger partial charge in [-0.2, -0.15) is 0 Å². The second kappa shape index (κ2) is 2.05. The quantitative estimate of drug-likeness (QED) is 0.546. The molecular formula is C6H5N2OS. The molecule has 0 fully saturated rings. The van der Waals surface area contributed by atoms with Gasteiger partial charge in [-0.1, -0.05) is 0 Å². The van der Waals surface area contributed by atoms with Crippen LogP contribution in [-0.2, 0) is 5.75 Å². The van der Waals surface area contributed by atoms with E-state index < -0.39 is 0 Å². The molecule has 1 aliphatic rings. The van der Waals surface area contributed by atoms with E-state index >= 15 is 0 Å². The lowest BCUT2D eigenvalue weighted by atomic mass is 10.4. The second-order valence-corrected chi connectivity index (χ2v) is 2.78. The molecule has 2 rings (SSSR count). The summed E-state index contributed by atoms with van der Waals surface area (Å²) in [7, 11) is 0. The number of nitrogens with zero attached hydrogens (tertiary/aromatic N) is 1. The van der Waals surface area contributed by atoms with Gasteiger partial charge in [-0.15, -0.1) is 0 Å². The standard InChI is InChI=1S/C6H5N2OS/c9-6-1-2-8-5(3-6)4-10-7-8/h2-3,7H,4H2. The lowest BCUT2D eigenvalue weighted by molar-refractivity contribution is 0.944. The van der Waals surface area contributed by atoms with Crippen molar-refractivity contribution in [3.8, 4) is 0 Å². The van der Waals surface area contributed by atoms with Crippen molar-refractivity contribution < 1.29 is 0 Å². The second-order valence-electron chi connectivity index (χ2n) is 2.02. The molecule has 2 heterocycles. The molecule has 0 saturated heterocycles. The lowest BCUT2D eigenvalue weighted by Gasteiger charge is -1.98. The third-order valence-corrected chi connectivity index (χ3v) is 2.09. The molecule has 0 saturated carbocycles. The van der Waals surface area contributed by atoms with Gasteiger partial charge < -0.3 is 0 Å². The van der Waals surface area contributed by atoms with Crippen molar-refractivity contribution in [1.29, 1.82) is 0 Å². The molecule has 1 N–H and O–H groups in total. The Morgan fingerprint density at radius 3 is 3.60 bits per heavy atom. The summed E-state index contributed by atoms with van der Waals surface area (Å²) in [6, 6.07) is 4.15. The molecule has 1 aromatic heterocycles. The molecule has 3 nitrogen and oxygen atoms in total. The predicted molar refractivity (Wildman–Crippen MR) is 40.2 cm³/mol. The minimum atomic E-state index is -0.0458. The SMILES string of the molecule is O=c1[c]cn2c(c1)CSN2. The van der Waals surface area contributed by atoms with Crippen molar-refractivity contribution in [2.75, 3.05) is 4.83 Å². The maximum Gasteiger partial charge on any atom is 0.190 e. The average molecular weight is 153 g/mol. The Bertz CT molecular complexity index is 307. The monoisotopic (exact) mass is 153 g/mol. The van der Waals surface area contributed by atoms with E-state index in [1.165, 1.54) is 0 Å². The number of hydrogen-bond donors (Lipinski definition) is 1. The van der Waals surface area contributed by atoms with Crippen molar-refractivity contribution in [1.82, 2.24) is 4.68 Å². The Labute approximate surface area is 62.2 Å². The summed E-state index contributed by atoms with van der Waals surface area (Å²) in [6.07, 6.45) is 1.62. The summed E-state index contributed by atoms with van der Waals surface area (Å²) < 4.78 is 1.80. The molecule has 1 aromatic rings. The minimum absolute atomic E-state index is 0.0458. The summed E-state index contributed by atoms with van der Waals surface area (Å²) in [5.74, 6) is 0.851. The minimum Gasteiger partial charge on any atom is -0.289 e. The number of nitrogens with one attached hydrogen (secondary N) is 1. The molecule has 0 atom stereocenters. The highest BCUT2D eigenvalue weighted by molar-refractivity contribution is 7.99. The van der Waals surface area contributed by atoms with Crippen LogP contribution in [0.5, 0.6) is 0 Å². The molecule has 51 valence electrons. The maximum atomic E-state index is 10.7. The molecule has 0 aromatic carbocycles. The Hall–Kier alpha value is -0.900. The highest BCUT2D eigenvalue weighted by atomic mass is 32.2. The first-order valence-electron chi connectivity index (χ1n) is 2.87. The Kier molecular flexibility index (Phi) is 1.20. The molecule has 10 heavy (non-hydrogen) atoms. The van der Waals surface area contributed by atoms with E-state index in [4.69, 9.17) is 0 Å². The van der Waals surface area contributed by atoms with Crippen molar-refractivity contribution in [2.24, 2.45) is 0 Å². The van der Waals surface area contributed by atoms with Gasteiger partial charge in [0.2, 0.25) is 0 Å². The van der Waals surface area contributed by atoms with Gasteiger partial charge in [-0.25, -0.2) is 0 Å². The van der Waals surface area contributed by atoms with Gasteiger partial charge in [0.05, 0.1) is 17.5 Å². The van der Waals surface area contributed by atoms with E-state index in [0.717, 1.165) is 11.4 Å². The van der Waals surface area contributed by atoms with Gasteiger partial charge in [0.15, 0.2) is 5.43 Å². The van der Waals surface area contributed by atoms with Crippen LogP contribution in [0, 0.1) is 6.07 Å². The van der Waals surface area contributed by atoms with Crippen LogP contribution >= 0.6 is 11.9 Å². The van der Waals surface area contributed by atoms with Crippen molar-refractivity contribution in [3.63, 3.8) is 0 Å². The molecule has 1 aliphatic heterocycles. The zero-order valence-electron chi connectivity index (χ0n) is 5.13. The van der Waals surface area contributed by atoms with E-state index in [9.17, 15) is 4.79 Å². The number of fused-ring (bicyclic) bond motifs is 1. The topological polar surface area (TPSA) is 34.0 Å². The van der Waals surface area contributed by atoms with Crippen molar-refractivity contribution >= 4 is 11.9 Å². The number of aromatic nitrogens is 1. The van der Waals surface area contributed by atoms with E-state index in [0.29, 0.717) is 0 Å². The molecule has 0 spiro atoms. The summed E-state index contributed by atoms with van der Waals surface area (Å²) >= 11 is 1.57. The largest absolute Gasteiger partial charge is 0.289 e. The first kappa shape index (κ1) is 5.85. The fraction of sp³-hybridized carbons (Fsp3) is 0.167. The van der Waals surface area contributed by atoms with Crippen LogP contribution in [-0.4, -0.2) is 4.68 Å². The van der Waals surface area contributed by atoms with E-state index in [-0.39, 0.29) is 5.43 Å². The highest BCUT2D eigenvalue weighted by Gasteiger charge is 2.07. The summed E-state index contributed by atoms with van der Waals surface area (Å²) in [5.41, 5.74) is 0.962. The molecule has 0 bridgehead atoms. The third kappa shape index (κ3) is 0.806. The smallest absolute Gasteiger partial charge is 0.190 e. The van der Waals surface area contributed by atoms with E-state index in [1.807, 2.05) is 0 Å². The Morgan fingerprint density at radius 1 is 1.80 bits per heavy atom. The molecule has 4 heteroatoms. The molecule has 0 amide bonds. The Morgan fingerprint density at radius 2 is 2.70 bits per heavy atom. The highest BCUT2D eigenvalue weighted by Crippen LogP contribution is 2.14. The fourth-order valence-corrected chi connectivity index (χ4v) is 1.59. The van der Waals surface area contributed by atoms with Crippen LogP contribution in [0.25, 0.3) is 0 Å². The predicted octanol–water partition coefficient (Wildman–Crippen LogP) is 0.354. The van der Waals surface area contributed by atoms with Gasteiger partial charge in [0.1, 0.15) is 0 Å². The fourth-order valence-electron chi connectivity index (χ4n) is 0.846. The van der Waals surface area contributed by atoms with Gasteiger partial charge >= 0.3 is 0 Å². The van der Waals surface area contributed by atoms with Gasteiger partial charge in [0.25, 0.3) is 0 Å². The van der Waals surface area contributed by atoms with Crippen LogP contribution in [0.1, 0.15) is 5.69 Å². The van der Waals surface area contributed by atoms with Crippen molar-refractivity contribution in [3.05, 3.63) is 34.2 Å². The van der Waals surface area contributed by atoms with Gasteiger partial charge in [-0.3, -0.25) is 14.3 Å². The first-order valence-corrected chi connectivity index (χ1v) is 3.86. The summed E-state index contributed by atoms with van der Waals surface area (Å²) in [4.78, 5) is 13.7. The van der Waals surface area contributed by atoms with Crippen LogP contribution in [0.15, 0.2) is 17.1 Å². The normalized spacial score (nSPS) is 14.4. The average Bonchev–Trinajstić information content (AvgIpc) is 2.33. The van der Waals surface area contributed by atoms with E-state index in [1.54, 1.807) is 28.9 Å².